The maximum atomic E-state index is 11.7. The summed E-state index contributed by atoms with van der Waals surface area (Å²) in [4.78, 5) is 0. The van der Waals surface area contributed by atoms with Crippen LogP contribution in [0.1, 0.15) is 24.6 Å². The van der Waals surface area contributed by atoms with Gasteiger partial charge in [-0.2, -0.15) is 0 Å². The molecule has 1 atom stereocenters. The van der Waals surface area contributed by atoms with E-state index in [1.807, 2.05) is 4.40 Å². The van der Waals surface area contributed by atoms with Crippen LogP contribution >= 0.6 is 0 Å². The summed E-state index contributed by atoms with van der Waals surface area (Å²) in [5.41, 5.74) is 6.96. The first kappa shape index (κ1) is 11.5. The topological polar surface area (TPSA) is 90.3 Å². The number of anilines is 1. The zero-order chi connectivity index (χ0) is 12.8. The van der Waals surface area contributed by atoms with E-state index in [2.05, 4.69) is 10.2 Å². The summed E-state index contributed by atoms with van der Waals surface area (Å²) in [6.45, 7) is 0. The van der Waals surface area contributed by atoms with Crippen LogP contribution < -0.4 is 5.73 Å². The zero-order valence-corrected chi connectivity index (χ0v) is 10.6. The van der Waals surface area contributed by atoms with E-state index in [4.69, 9.17) is 5.73 Å². The molecule has 18 heavy (non-hydrogen) atoms. The Hall–Kier alpha value is -1.63. The van der Waals surface area contributed by atoms with Gasteiger partial charge in [-0.1, -0.05) is 0 Å². The van der Waals surface area contributed by atoms with Crippen LogP contribution in [0.5, 0.6) is 0 Å². The minimum absolute atomic E-state index is 0.0672. The third-order valence-electron chi connectivity index (χ3n) is 3.29. The van der Waals surface area contributed by atoms with Gasteiger partial charge in [0.1, 0.15) is 5.82 Å². The quantitative estimate of drug-likeness (QED) is 0.816. The van der Waals surface area contributed by atoms with Gasteiger partial charge in [0.2, 0.25) is 0 Å². The van der Waals surface area contributed by atoms with Crippen molar-refractivity contribution in [3.63, 3.8) is 0 Å². The molecule has 2 aromatic heterocycles. The van der Waals surface area contributed by atoms with Gasteiger partial charge in [-0.3, -0.25) is 4.40 Å². The van der Waals surface area contributed by atoms with Gasteiger partial charge in [0.25, 0.3) is 0 Å². The molecule has 2 N–H and O–H groups in total. The van der Waals surface area contributed by atoms with E-state index >= 15 is 0 Å². The molecule has 6 nitrogen and oxygen atoms in total. The first-order valence-electron chi connectivity index (χ1n) is 5.86. The number of nitrogens with two attached hydrogens (primary N) is 1. The maximum Gasteiger partial charge on any atom is 0.162 e. The summed E-state index contributed by atoms with van der Waals surface area (Å²) in [6.07, 6.45) is 3.32. The molecule has 1 aliphatic rings. The molecule has 1 aliphatic heterocycles. The van der Waals surface area contributed by atoms with Gasteiger partial charge in [0.15, 0.2) is 15.5 Å². The lowest BCUT2D eigenvalue weighted by molar-refractivity contribution is 0.541. The van der Waals surface area contributed by atoms with E-state index in [0.29, 0.717) is 23.6 Å². The number of fused-ring (bicyclic) bond motifs is 1. The van der Waals surface area contributed by atoms with Gasteiger partial charge >= 0.3 is 0 Å². The SMILES string of the molecule is Nc1ccn2c(C3CCCS(=O)(=O)C3)nnc2c1. The molecule has 0 aliphatic carbocycles. The van der Waals surface area contributed by atoms with Crippen LogP contribution in [0.4, 0.5) is 5.69 Å². The highest BCUT2D eigenvalue weighted by atomic mass is 32.2. The number of nitrogen functional groups attached to an aromatic ring is 1. The van der Waals surface area contributed by atoms with Crippen LogP contribution in [0.3, 0.4) is 0 Å². The first-order chi connectivity index (χ1) is 8.55. The summed E-state index contributed by atoms with van der Waals surface area (Å²) < 4.78 is 25.2. The molecule has 2 aromatic rings. The van der Waals surface area contributed by atoms with Crippen molar-refractivity contribution < 1.29 is 8.42 Å². The van der Waals surface area contributed by atoms with Crippen molar-refractivity contribution in [3.05, 3.63) is 24.2 Å². The Balaban J connectivity index is 2.04. The van der Waals surface area contributed by atoms with Crippen LogP contribution in [0.2, 0.25) is 0 Å². The van der Waals surface area contributed by atoms with Crippen LogP contribution in [-0.4, -0.2) is 34.5 Å². The summed E-state index contributed by atoms with van der Waals surface area (Å²) in [7, 11) is -2.94. The minimum Gasteiger partial charge on any atom is -0.399 e. The van der Waals surface area contributed by atoms with Crippen LogP contribution in [0.25, 0.3) is 5.65 Å². The van der Waals surface area contributed by atoms with E-state index < -0.39 is 9.84 Å². The predicted octanol–water partition coefficient (Wildman–Crippen LogP) is 0.604. The lowest BCUT2D eigenvalue weighted by Gasteiger charge is -2.20. The number of aromatic nitrogens is 3. The molecule has 1 unspecified atom stereocenters. The van der Waals surface area contributed by atoms with Crippen molar-refractivity contribution in [1.82, 2.24) is 14.6 Å². The second-order valence-electron chi connectivity index (χ2n) is 4.70. The van der Waals surface area contributed by atoms with Crippen molar-refractivity contribution in [2.45, 2.75) is 18.8 Å². The van der Waals surface area contributed by atoms with Crippen molar-refractivity contribution >= 4 is 21.2 Å². The zero-order valence-electron chi connectivity index (χ0n) is 9.78. The van der Waals surface area contributed by atoms with Crippen molar-refractivity contribution in [2.75, 3.05) is 17.2 Å². The number of hydrogen-bond acceptors (Lipinski definition) is 5. The fraction of sp³-hybridized carbons (Fsp3) is 0.455. The Labute approximate surface area is 105 Å². The molecule has 0 aromatic carbocycles. The normalized spacial score (nSPS) is 23.2. The summed E-state index contributed by atoms with van der Waals surface area (Å²) >= 11 is 0. The van der Waals surface area contributed by atoms with Crippen LogP contribution in [-0.2, 0) is 9.84 Å². The second-order valence-corrected chi connectivity index (χ2v) is 6.93. The Morgan fingerprint density at radius 2 is 2.22 bits per heavy atom. The van der Waals surface area contributed by atoms with E-state index in [1.165, 1.54) is 0 Å². The lowest BCUT2D eigenvalue weighted by Crippen LogP contribution is -2.25. The average molecular weight is 266 g/mol. The van der Waals surface area contributed by atoms with Crippen molar-refractivity contribution in [1.29, 1.82) is 0 Å². The molecule has 0 bridgehead atoms. The summed E-state index contributed by atoms with van der Waals surface area (Å²) in [5, 5.41) is 8.16. The van der Waals surface area contributed by atoms with Gasteiger partial charge < -0.3 is 5.73 Å². The van der Waals surface area contributed by atoms with E-state index in [-0.39, 0.29) is 17.4 Å². The number of nitrogens with zero attached hydrogens (tertiary/aromatic N) is 3. The van der Waals surface area contributed by atoms with Gasteiger partial charge in [-0.05, 0) is 18.9 Å². The highest BCUT2D eigenvalue weighted by molar-refractivity contribution is 7.91. The molecule has 7 heteroatoms. The Morgan fingerprint density at radius 3 is 3.00 bits per heavy atom. The van der Waals surface area contributed by atoms with E-state index in [9.17, 15) is 8.42 Å². The molecule has 0 amide bonds. The van der Waals surface area contributed by atoms with Gasteiger partial charge in [0.05, 0.1) is 11.5 Å². The highest BCUT2D eigenvalue weighted by Gasteiger charge is 2.29. The highest BCUT2D eigenvalue weighted by Crippen LogP contribution is 2.27. The van der Waals surface area contributed by atoms with Crippen LogP contribution in [0.15, 0.2) is 18.3 Å². The fourth-order valence-electron chi connectivity index (χ4n) is 2.43. The van der Waals surface area contributed by atoms with E-state index in [1.54, 1.807) is 18.3 Å². The molecule has 1 saturated heterocycles. The van der Waals surface area contributed by atoms with Gasteiger partial charge in [-0.15, -0.1) is 10.2 Å². The van der Waals surface area contributed by atoms with Crippen molar-refractivity contribution in [2.24, 2.45) is 0 Å². The predicted molar refractivity (Wildman–Crippen MR) is 68.0 cm³/mol. The standard InChI is InChI=1S/C11H14N4O2S/c12-9-3-4-15-10(6-9)13-14-11(15)8-2-1-5-18(16,17)7-8/h3-4,6,8H,1-2,5,7,12H2. The second kappa shape index (κ2) is 3.94. The third kappa shape index (κ3) is 1.94. The summed E-state index contributed by atoms with van der Waals surface area (Å²) in [5.74, 6) is 1.10. The molecule has 0 spiro atoms. The molecule has 3 rings (SSSR count). The molecule has 1 fully saturated rings. The Kier molecular flexibility index (Phi) is 2.51. The number of hydrogen-bond donors (Lipinski definition) is 1. The molecule has 0 saturated carbocycles. The number of rotatable bonds is 1. The van der Waals surface area contributed by atoms with Gasteiger partial charge in [-0.25, -0.2) is 8.42 Å². The third-order valence-corrected chi connectivity index (χ3v) is 5.11. The fourth-order valence-corrected chi connectivity index (χ4v) is 4.13. The Morgan fingerprint density at radius 1 is 1.39 bits per heavy atom. The molecule has 3 heterocycles. The molecule has 96 valence electrons. The van der Waals surface area contributed by atoms with E-state index in [0.717, 1.165) is 6.42 Å². The summed E-state index contributed by atoms with van der Waals surface area (Å²) in [6, 6.07) is 3.49. The number of pyridine rings is 1. The van der Waals surface area contributed by atoms with Gasteiger partial charge in [0, 0.05) is 23.9 Å². The average Bonchev–Trinajstić information content (AvgIpc) is 2.70. The molecule has 0 radical (unpaired) electrons. The minimum atomic E-state index is -2.94. The molecular formula is C11H14N4O2S. The lowest BCUT2D eigenvalue weighted by atomic mass is 10.1. The van der Waals surface area contributed by atoms with Crippen LogP contribution in [0, 0.1) is 0 Å². The monoisotopic (exact) mass is 266 g/mol. The first-order valence-corrected chi connectivity index (χ1v) is 7.68. The largest absolute Gasteiger partial charge is 0.399 e. The smallest absolute Gasteiger partial charge is 0.162 e. The Bertz CT molecular complexity index is 692. The maximum absolute atomic E-state index is 11.7. The van der Waals surface area contributed by atoms with Crippen molar-refractivity contribution in [3.8, 4) is 0 Å². The number of sulfone groups is 1. The molecular weight excluding hydrogens is 252 g/mol.